The summed E-state index contributed by atoms with van der Waals surface area (Å²) in [5, 5.41) is 6.68. The molecule has 1 aromatic carbocycles. The van der Waals surface area contributed by atoms with Gasteiger partial charge < -0.3 is 29.7 Å². The maximum Gasteiger partial charge on any atom is 0.410 e. The molecule has 0 bridgehead atoms. The largest absolute Gasteiger partial charge is 0.490 e. The Bertz CT molecular complexity index is 760. The van der Waals surface area contributed by atoms with Crippen LogP contribution < -0.4 is 20.1 Å². The molecule has 2 N–H and O–H groups in total. The average molecular weight is 419 g/mol. The molecule has 3 rings (SSSR count). The summed E-state index contributed by atoms with van der Waals surface area (Å²) < 4.78 is 16.9. The maximum absolute atomic E-state index is 12.4. The summed E-state index contributed by atoms with van der Waals surface area (Å²) in [6, 6.07) is 5.79. The lowest BCUT2D eigenvalue weighted by Crippen LogP contribution is -2.46. The van der Waals surface area contributed by atoms with Crippen LogP contribution in [-0.2, 0) is 4.74 Å². The zero-order valence-electron chi connectivity index (χ0n) is 18.5. The number of guanidine groups is 1. The number of rotatable bonds is 3. The number of ether oxygens (including phenoxy) is 3. The second-order valence-corrected chi connectivity index (χ2v) is 8.72. The number of hydrogen-bond donors (Lipinski definition) is 2. The molecule has 0 spiro atoms. The van der Waals surface area contributed by atoms with Crippen molar-refractivity contribution in [2.75, 3.05) is 45.2 Å². The van der Waals surface area contributed by atoms with Gasteiger partial charge in [0.2, 0.25) is 0 Å². The molecule has 166 valence electrons. The quantitative estimate of drug-likeness (QED) is 0.578. The van der Waals surface area contributed by atoms with Crippen molar-refractivity contribution in [1.29, 1.82) is 0 Å². The molecule has 0 aliphatic carbocycles. The minimum absolute atomic E-state index is 0.234. The highest BCUT2D eigenvalue weighted by atomic mass is 16.6. The Kier molecular flexibility index (Phi) is 7.29. The lowest BCUT2D eigenvalue weighted by molar-refractivity contribution is 0.0168. The van der Waals surface area contributed by atoms with Gasteiger partial charge in [0.1, 0.15) is 5.60 Å². The van der Waals surface area contributed by atoms with Crippen LogP contribution in [0, 0.1) is 5.92 Å². The number of nitrogens with one attached hydrogen (secondary N) is 2. The molecule has 1 aromatic rings. The highest BCUT2D eigenvalue weighted by Gasteiger charge is 2.27. The number of nitrogens with zero attached hydrogens (tertiary/aromatic N) is 2. The Hall–Kier alpha value is -2.64. The number of aliphatic imine (C=N–C) groups is 1. The molecule has 1 fully saturated rings. The lowest BCUT2D eigenvalue weighted by Gasteiger charge is -2.34. The number of hydrogen-bond acceptors (Lipinski definition) is 5. The molecule has 0 aromatic heterocycles. The molecule has 1 saturated heterocycles. The molecular weight excluding hydrogens is 384 g/mol. The zero-order chi connectivity index (χ0) is 21.6. The van der Waals surface area contributed by atoms with Gasteiger partial charge in [0.25, 0.3) is 0 Å². The van der Waals surface area contributed by atoms with E-state index in [1.54, 1.807) is 11.9 Å². The van der Waals surface area contributed by atoms with Crippen LogP contribution >= 0.6 is 0 Å². The Morgan fingerprint density at radius 2 is 2.00 bits per heavy atom. The SMILES string of the molecule is CN=C(NCC1CCCN(C(=O)OC(C)(C)C)C1)Nc1ccc2c(c1)OCCCO2. The van der Waals surface area contributed by atoms with E-state index in [1.165, 1.54) is 0 Å². The third-order valence-corrected chi connectivity index (χ3v) is 4.96. The van der Waals surface area contributed by atoms with Crippen LogP contribution in [0.1, 0.15) is 40.0 Å². The van der Waals surface area contributed by atoms with E-state index in [2.05, 4.69) is 15.6 Å². The number of fused-ring (bicyclic) bond motifs is 1. The summed E-state index contributed by atoms with van der Waals surface area (Å²) in [4.78, 5) is 18.5. The van der Waals surface area contributed by atoms with Gasteiger partial charge in [-0.05, 0) is 51.7 Å². The van der Waals surface area contributed by atoms with Crippen LogP contribution in [0.15, 0.2) is 23.2 Å². The molecular formula is C22H34N4O4. The van der Waals surface area contributed by atoms with E-state index in [-0.39, 0.29) is 6.09 Å². The van der Waals surface area contributed by atoms with Gasteiger partial charge in [0, 0.05) is 44.9 Å². The van der Waals surface area contributed by atoms with Gasteiger partial charge in [0.15, 0.2) is 17.5 Å². The van der Waals surface area contributed by atoms with Gasteiger partial charge in [-0.25, -0.2) is 4.79 Å². The Morgan fingerprint density at radius 3 is 2.73 bits per heavy atom. The minimum atomic E-state index is -0.475. The smallest absolute Gasteiger partial charge is 0.410 e. The van der Waals surface area contributed by atoms with E-state index < -0.39 is 5.60 Å². The first kappa shape index (κ1) is 22.1. The molecule has 2 heterocycles. The fourth-order valence-corrected chi connectivity index (χ4v) is 3.52. The topological polar surface area (TPSA) is 84.4 Å². The van der Waals surface area contributed by atoms with Crippen LogP contribution in [0.4, 0.5) is 10.5 Å². The highest BCUT2D eigenvalue weighted by molar-refractivity contribution is 5.93. The van der Waals surface area contributed by atoms with E-state index in [0.29, 0.717) is 31.6 Å². The molecule has 1 unspecified atom stereocenters. The molecule has 2 aliphatic rings. The van der Waals surface area contributed by atoms with Gasteiger partial charge in [-0.2, -0.15) is 0 Å². The van der Waals surface area contributed by atoms with Gasteiger partial charge in [-0.15, -0.1) is 0 Å². The van der Waals surface area contributed by atoms with Gasteiger partial charge >= 0.3 is 6.09 Å². The number of likely N-dealkylation sites (tertiary alicyclic amines) is 1. The standard InChI is InChI=1S/C22H34N4O4/c1-22(2,3)30-21(27)26-10-5-7-16(15-26)14-24-20(23-4)25-17-8-9-18-19(13-17)29-12-6-11-28-18/h8-9,13,16H,5-7,10-12,14-15H2,1-4H3,(H2,23,24,25). The van der Waals surface area contributed by atoms with Crippen LogP contribution in [0.5, 0.6) is 11.5 Å². The highest BCUT2D eigenvalue weighted by Crippen LogP contribution is 2.32. The maximum atomic E-state index is 12.4. The summed E-state index contributed by atoms with van der Waals surface area (Å²) in [6.07, 6.45) is 2.68. The first-order chi connectivity index (χ1) is 14.3. The fraction of sp³-hybridized carbons (Fsp3) is 0.636. The first-order valence-corrected chi connectivity index (χ1v) is 10.7. The van der Waals surface area contributed by atoms with Crippen molar-refractivity contribution >= 4 is 17.7 Å². The molecule has 0 saturated carbocycles. The van der Waals surface area contributed by atoms with E-state index in [0.717, 1.165) is 49.5 Å². The first-order valence-electron chi connectivity index (χ1n) is 10.7. The summed E-state index contributed by atoms with van der Waals surface area (Å²) in [5.41, 5.74) is 0.406. The summed E-state index contributed by atoms with van der Waals surface area (Å²) in [5.74, 6) is 2.53. The van der Waals surface area contributed by atoms with Crippen LogP contribution in [0.3, 0.4) is 0 Å². The molecule has 0 radical (unpaired) electrons. The van der Waals surface area contributed by atoms with Crippen molar-refractivity contribution in [3.05, 3.63) is 18.2 Å². The van der Waals surface area contributed by atoms with Crippen LogP contribution in [0.2, 0.25) is 0 Å². The van der Waals surface area contributed by atoms with Gasteiger partial charge in [-0.1, -0.05) is 0 Å². The second kappa shape index (κ2) is 9.91. The number of amides is 1. The van der Waals surface area contributed by atoms with E-state index in [9.17, 15) is 4.79 Å². The zero-order valence-corrected chi connectivity index (χ0v) is 18.5. The Morgan fingerprint density at radius 1 is 1.23 bits per heavy atom. The average Bonchev–Trinajstić information content (AvgIpc) is 2.95. The van der Waals surface area contributed by atoms with Crippen molar-refractivity contribution in [2.24, 2.45) is 10.9 Å². The van der Waals surface area contributed by atoms with Gasteiger partial charge in [0.05, 0.1) is 13.2 Å². The third kappa shape index (κ3) is 6.43. The van der Waals surface area contributed by atoms with E-state index >= 15 is 0 Å². The number of piperidine rings is 1. The number of benzene rings is 1. The number of anilines is 1. The Balaban J connectivity index is 1.52. The molecule has 2 aliphatic heterocycles. The van der Waals surface area contributed by atoms with Gasteiger partial charge in [-0.3, -0.25) is 4.99 Å². The predicted molar refractivity (Wildman–Crippen MR) is 118 cm³/mol. The summed E-state index contributed by atoms with van der Waals surface area (Å²) >= 11 is 0. The van der Waals surface area contributed by atoms with Crippen molar-refractivity contribution in [2.45, 2.75) is 45.6 Å². The van der Waals surface area contributed by atoms with E-state index in [1.807, 2.05) is 39.0 Å². The van der Waals surface area contributed by atoms with E-state index in [4.69, 9.17) is 14.2 Å². The predicted octanol–water partition coefficient (Wildman–Crippen LogP) is 3.48. The molecule has 30 heavy (non-hydrogen) atoms. The summed E-state index contributed by atoms with van der Waals surface area (Å²) in [6.45, 7) is 9.15. The molecule has 8 nitrogen and oxygen atoms in total. The normalized spacial score (nSPS) is 19.7. The molecule has 1 atom stereocenters. The summed E-state index contributed by atoms with van der Waals surface area (Å²) in [7, 11) is 1.74. The minimum Gasteiger partial charge on any atom is -0.490 e. The number of carbonyl (C=O) groups is 1. The molecule has 8 heteroatoms. The van der Waals surface area contributed by atoms with Crippen molar-refractivity contribution in [3.63, 3.8) is 0 Å². The van der Waals surface area contributed by atoms with Crippen LogP contribution in [0.25, 0.3) is 0 Å². The monoisotopic (exact) mass is 418 g/mol. The number of carbonyl (C=O) groups excluding carboxylic acids is 1. The Labute approximate surface area is 179 Å². The third-order valence-electron chi connectivity index (χ3n) is 4.96. The second-order valence-electron chi connectivity index (χ2n) is 8.72. The fourth-order valence-electron chi connectivity index (χ4n) is 3.52. The lowest BCUT2D eigenvalue weighted by atomic mass is 9.98. The van der Waals surface area contributed by atoms with Crippen molar-refractivity contribution in [3.8, 4) is 11.5 Å². The van der Waals surface area contributed by atoms with Crippen molar-refractivity contribution in [1.82, 2.24) is 10.2 Å². The van der Waals surface area contributed by atoms with Crippen molar-refractivity contribution < 1.29 is 19.0 Å². The van der Waals surface area contributed by atoms with Crippen LogP contribution in [-0.4, -0.2) is 62.4 Å². The molecule has 1 amide bonds.